The summed E-state index contributed by atoms with van der Waals surface area (Å²) in [6.45, 7) is 12.4. The number of nitrogens with one attached hydrogen (secondary N) is 2. The lowest BCUT2D eigenvalue weighted by molar-refractivity contribution is -0.126. The summed E-state index contributed by atoms with van der Waals surface area (Å²) in [5, 5.41) is 5.61. The minimum Gasteiger partial charge on any atom is -0.344 e. The Kier molecular flexibility index (Phi) is 7.75. The summed E-state index contributed by atoms with van der Waals surface area (Å²) in [6.07, 6.45) is 0. The van der Waals surface area contributed by atoms with Gasteiger partial charge in [0.1, 0.15) is 6.04 Å². The van der Waals surface area contributed by atoms with E-state index in [-0.39, 0.29) is 17.7 Å². The molecule has 128 valence electrons. The van der Waals surface area contributed by atoms with Gasteiger partial charge in [-0.25, -0.2) is 0 Å². The lowest BCUT2D eigenvalue weighted by atomic mass is 10.0. The fourth-order valence-electron chi connectivity index (χ4n) is 2.43. The highest BCUT2D eigenvalue weighted by atomic mass is 16.2. The van der Waals surface area contributed by atoms with Crippen LogP contribution in [-0.4, -0.2) is 35.8 Å². The van der Waals surface area contributed by atoms with Gasteiger partial charge in [-0.15, -0.1) is 0 Å². The Morgan fingerprint density at radius 3 is 2.35 bits per heavy atom. The molecule has 1 unspecified atom stereocenters. The molecule has 0 bridgehead atoms. The maximum absolute atomic E-state index is 12.4. The van der Waals surface area contributed by atoms with Crippen LogP contribution in [0.5, 0.6) is 0 Å². The Morgan fingerprint density at radius 2 is 1.83 bits per heavy atom. The molecule has 0 aliphatic heterocycles. The highest BCUT2D eigenvalue weighted by Crippen LogP contribution is 2.14. The number of carbonyl (C=O) groups is 2. The second-order valence-corrected chi connectivity index (χ2v) is 6.07. The molecular formula is C18H29N3O2. The molecule has 1 rings (SSSR count). The van der Waals surface area contributed by atoms with Crippen LogP contribution in [0.1, 0.15) is 40.2 Å². The lowest BCUT2D eigenvalue weighted by Gasteiger charge is -2.21. The number of nitrogens with zero attached hydrogens (tertiary/aromatic N) is 1. The van der Waals surface area contributed by atoms with Crippen LogP contribution < -0.4 is 10.6 Å². The quantitative estimate of drug-likeness (QED) is 0.774. The van der Waals surface area contributed by atoms with E-state index < -0.39 is 6.04 Å². The van der Waals surface area contributed by atoms with Crippen LogP contribution in [0.2, 0.25) is 0 Å². The zero-order valence-corrected chi connectivity index (χ0v) is 14.8. The number of anilines is 1. The van der Waals surface area contributed by atoms with Gasteiger partial charge >= 0.3 is 0 Å². The van der Waals surface area contributed by atoms with Crippen molar-refractivity contribution in [3.05, 3.63) is 29.8 Å². The van der Waals surface area contributed by atoms with Crippen molar-refractivity contribution in [3.63, 3.8) is 0 Å². The molecule has 1 aromatic rings. The Hall–Kier alpha value is -1.88. The van der Waals surface area contributed by atoms with Crippen LogP contribution in [-0.2, 0) is 16.1 Å². The fraction of sp³-hybridized carbons (Fsp3) is 0.556. The second kappa shape index (κ2) is 9.30. The average Bonchev–Trinajstić information content (AvgIpc) is 2.50. The van der Waals surface area contributed by atoms with Crippen LogP contribution in [0.3, 0.4) is 0 Å². The number of rotatable bonds is 8. The number of hydrogen-bond donors (Lipinski definition) is 2. The molecular weight excluding hydrogens is 290 g/mol. The summed E-state index contributed by atoms with van der Waals surface area (Å²) in [5.41, 5.74) is 1.92. The van der Waals surface area contributed by atoms with Crippen molar-refractivity contribution >= 4 is 17.5 Å². The van der Waals surface area contributed by atoms with E-state index in [1.54, 1.807) is 0 Å². The number of benzene rings is 1. The molecule has 23 heavy (non-hydrogen) atoms. The third-order valence-electron chi connectivity index (χ3n) is 3.80. The van der Waals surface area contributed by atoms with Gasteiger partial charge in [-0.05, 0) is 36.7 Å². The summed E-state index contributed by atoms with van der Waals surface area (Å²) in [7, 11) is 0. The Bertz CT molecular complexity index is 525. The van der Waals surface area contributed by atoms with E-state index in [2.05, 4.69) is 35.4 Å². The van der Waals surface area contributed by atoms with Crippen molar-refractivity contribution in [1.82, 2.24) is 10.2 Å². The molecule has 0 fully saturated rings. The lowest BCUT2D eigenvalue weighted by Crippen LogP contribution is -2.46. The Balaban J connectivity index is 2.79. The minimum absolute atomic E-state index is 0.0257. The van der Waals surface area contributed by atoms with Crippen molar-refractivity contribution in [3.8, 4) is 0 Å². The normalized spacial score (nSPS) is 12.3. The van der Waals surface area contributed by atoms with Gasteiger partial charge in [0.15, 0.2) is 0 Å². The average molecular weight is 319 g/mol. The van der Waals surface area contributed by atoms with Crippen molar-refractivity contribution in [1.29, 1.82) is 0 Å². The summed E-state index contributed by atoms with van der Waals surface area (Å²) in [6, 6.07) is 7.33. The van der Waals surface area contributed by atoms with E-state index >= 15 is 0 Å². The van der Waals surface area contributed by atoms with E-state index in [9.17, 15) is 9.59 Å². The first kappa shape index (κ1) is 19.2. The molecule has 0 aromatic heterocycles. The van der Waals surface area contributed by atoms with E-state index in [0.29, 0.717) is 0 Å². The van der Waals surface area contributed by atoms with Gasteiger partial charge < -0.3 is 10.6 Å². The topological polar surface area (TPSA) is 61.4 Å². The van der Waals surface area contributed by atoms with Crippen molar-refractivity contribution in [2.75, 3.05) is 18.4 Å². The predicted molar refractivity (Wildman–Crippen MR) is 94.1 cm³/mol. The fourth-order valence-corrected chi connectivity index (χ4v) is 2.43. The molecule has 0 aliphatic rings. The van der Waals surface area contributed by atoms with E-state index in [0.717, 1.165) is 30.9 Å². The molecule has 5 nitrogen and oxygen atoms in total. The molecule has 0 spiro atoms. The smallest absolute Gasteiger partial charge is 0.247 e. The van der Waals surface area contributed by atoms with Gasteiger partial charge in [0.05, 0.1) is 0 Å². The van der Waals surface area contributed by atoms with Crippen LogP contribution in [0.4, 0.5) is 5.69 Å². The van der Waals surface area contributed by atoms with Crippen LogP contribution in [0.25, 0.3) is 0 Å². The van der Waals surface area contributed by atoms with Crippen LogP contribution in [0, 0.1) is 5.92 Å². The van der Waals surface area contributed by atoms with E-state index in [4.69, 9.17) is 0 Å². The number of amides is 2. The van der Waals surface area contributed by atoms with Gasteiger partial charge in [0.2, 0.25) is 11.8 Å². The maximum Gasteiger partial charge on any atom is 0.247 e. The van der Waals surface area contributed by atoms with Gasteiger partial charge in [0.25, 0.3) is 0 Å². The predicted octanol–water partition coefficient (Wildman–Crippen LogP) is 2.63. The Morgan fingerprint density at radius 1 is 1.17 bits per heavy atom. The summed E-state index contributed by atoms with van der Waals surface area (Å²) in [5.74, 6) is -0.359. The van der Waals surface area contributed by atoms with E-state index in [1.807, 2.05) is 32.0 Å². The minimum atomic E-state index is -0.529. The summed E-state index contributed by atoms with van der Waals surface area (Å²) >= 11 is 0. The molecule has 0 saturated carbocycles. The first-order valence-electron chi connectivity index (χ1n) is 8.26. The maximum atomic E-state index is 12.4. The third kappa shape index (κ3) is 6.40. The molecule has 0 radical (unpaired) electrons. The third-order valence-corrected chi connectivity index (χ3v) is 3.80. The standard InChI is InChI=1S/C18H29N3O2/c1-6-21(7-2)12-15-9-8-10-16(11-15)20-18(23)17(13(3)4)19-14(5)22/h8-11,13,17H,6-7,12H2,1-5H3,(H,19,22)(H,20,23). The van der Waals surface area contributed by atoms with Gasteiger partial charge in [-0.2, -0.15) is 0 Å². The zero-order chi connectivity index (χ0) is 17.4. The molecule has 2 N–H and O–H groups in total. The van der Waals surface area contributed by atoms with E-state index in [1.165, 1.54) is 6.92 Å². The Labute approximate surface area is 139 Å². The zero-order valence-electron chi connectivity index (χ0n) is 14.8. The molecule has 0 aliphatic carbocycles. The molecule has 2 amide bonds. The van der Waals surface area contributed by atoms with Crippen LogP contribution in [0.15, 0.2) is 24.3 Å². The first-order chi connectivity index (χ1) is 10.9. The monoisotopic (exact) mass is 319 g/mol. The van der Waals surface area contributed by atoms with Crippen molar-refractivity contribution in [2.24, 2.45) is 5.92 Å². The SMILES string of the molecule is CCN(CC)Cc1cccc(NC(=O)C(NC(C)=O)C(C)C)c1. The molecule has 0 saturated heterocycles. The molecule has 1 atom stereocenters. The number of carbonyl (C=O) groups excluding carboxylic acids is 2. The summed E-state index contributed by atoms with van der Waals surface area (Å²) < 4.78 is 0. The van der Waals surface area contributed by atoms with Crippen molar-refractivity contribution < 1.29 is 9.59 Å². The van der Waals surface area contributed by atoms with Gasteiger partial charge in [-0.1, -0.05) is 39.8 Å². The first-order valence-corrected chi connectivity index (χ1v) is 8.26. The second-order valence-electron chi connectivity index (χ2n) is 6.07. The van der Waals surface area contributed by atoms with Crippen LogP contribution >= 0.6 is 0 Å². The van der Waals surface area contributed by atoms with Crippen molar-refractivity contribution in [2.45, 2.75) is 47.2 Å². The van der Waals surface area contributed by atoms with Gasteiger partial charge in [-0.3, -0.25) is 14.5 Å². The molecule has 1 aromatic carbocycles. The molecule has 5 heteroatoms. The number of hydrogen-bond acceptors (Lipinski definition) is 3. The highest BCUT2D eigenvalue weighted by Gasteiger charge is 2.23. The highest BCUT2D eigenvalue weighted by molar-refractivity contribution is 5.97. The van der Waals surface area contributed by atoms with Gasteiger partial charge in [0, 0.05) is 19.2 Å². The largest absolute Gasteiger partial charge is 0.344 e. The summed E-state index contributed by atoms with van der Waals surface area (Å²) in [4.78, 5) is 26.0. The molecule has 0 heterocycles.